The van der Waals surface area contributed by atoms with Crippen LogP contribution in [-0.4, -0.2) is 11.0 Å². The summed E-state index contributed by atoms with van der Waals surface area (Å²) in [6.07, 6.45) is 7.34. The van der Waals surface area contributed by atoms with E-state index in [1.807, 2.05) is 19.2 Å². The first kappa shape index (κ1) is 9.94. The van der Waals surface area contributed by atoms with Gasteiger partial charge in [0, 0.05) is 12.2 Å². The van der Waals surface area contributed by atoms with Crippen LogP contribution in [0.25, 0.3) is 0 Å². The molecule has 1 heterocycles. The van der Waals surface area contributed by atoms with E-state index in [-0.39, 0.29) is 0 Å². The zero-order valence-corrected chi connectivity index (χ0v) is 9.74. The van der Waals surface area contributed by atoms with E-state index in [9.17, 15) is 0 Å². The van der Waals surface area contributed by atoms with E-state index in [4.69, 9.17) is 5.73 Å². The fraction of sp³-hybridized carbons (Fsp3) is 0.615. The highest BCUT2D eigenvalue weighted by atomic mass is 15.1. The number of nitrogen functional groups attached to an aromatic ring is 1. The van der Waals surface area contributed by atoms with Gasteiger partial charge in [-0.05, 0) is 56.1 Å². The maximum Gasteiger partial charge on any atom is 0.149 e. The Labute approximate surface area is 96.4 Å². The molecule has 2 aliphatic carbocycles. The number of hydrogen-bond acceptors (Lipinski definition) is 3. The Bertz CT molecular complexity index is 382. The molecule has 0 spiro atoms. The summed E-state index contributed by atoms with van der Waals surface area (Å²) in [4.78, 5) is 4.36. The first-order chi connectivity index (χ1) is 7.75. The minimum atomic E-state index is 0.622. The Morgan fingerprint density at radius 3 is 2.50 bits per heavy atom. The third-order valence-electron chi connectivity index (χ3n) is 3.77. The summed E-state index contributed by atoms with van der Waals surface area (Å²) < 4.78 is 0. The summed E-state index contributed by atoms with van der Waals surface area (Å²) in [5, 5.41) is 3.58. The number of nitrogens with two attached hydrogens (primary N) is 1. The third-order valence-corrected chi connectivity index (χ3v) is 3.77. The minimum Gasteiger partial charge on any atom is -0.396 e. The maximum atomic E-state index is 6.05. The van der Waals surface area contributed by atoms with E-state index < -0.39 is 0 Å². The normalized spacial score (nSPS) is 20.1. The van der Waals surface area contributed by atoms with Gasteiger partial charge in [0.1, 0.15) is 5.82 Å². The molecule has 2 aliphatic rings. The SMILES string of the molecule is Cc1ccnc(NC(C2CC2)C2CC2)c1N. The molecule has 0 radical (unpaired) electrons. The van der Waals surface area contributed by atoms with Crippen LogP contribution in [0.2, 0.25) is 0 Å². The number of nitrogens with one attached hydrogen (secondary N) is 1. The van der Waals surface area contributed by atoms with Gasteiger partial charge in [-0.2, -0.15) is 0 Å². The van der Waals surface area contributed by atoms with E-state index in [1.54, 1.807) is 0 Å². The number of anilines is 2. The number of rotatable bonds is 4. The molecule has 3 nitrogen and oxygen atoms in total. The van der Waals surface area contributed by atoms with Crippen LogP contribution >= 0.6 is 0 Å². The van der Waals surface area contributed by atoms with E-state index in [1.165, 1.54) is 25.7 Å². The van der Waals surface area contributed by atoms with Crippen molar-refractivity contribution in [2.75, 3.05) is 11.1 Å². The fourth-order valence-electron chi connectivity index (χ4n) is 2.37. The molecule has 0 amide bonds. The molecule has 3 N–H and O–H groups in total. The van der Waals surface area contributed by atoms with Crippen LogP contribution in [0.4, 0.5) is 11.5 Å². The molecule has 0 aromatic carbocycles. The summed E-state index contributed by atoms with van der Waals surface area (Å²) in [7, 11) is 0. The number of hydrogen-bond donors (Lipinski definition) is 2. The molecular weight excluding hydrogens is 198 g/mol. The van der Waals surface area contributed by atoms with Gasteiger partial charge in [0.15, 0.2) is 0 Å². The average Bonchev–Trinajstić information content (AvgIpc) is 3.15. The van der Waals surface area contributed by atoms with Crippen molar-refractivity contribution in [2.45, 2.75) is 38.6 Å². The summed E-state index contributed by atoms with van der Waals surface area (Å²) in [5.41, 5.74) is 7.97. The van der Waals surface area contributed by atoms with Crippen LogP contribution in [0.5, 0.6) is 0 Å². The molecule has 2 saturated carbocycles. The van der Waals surface area contributed by atoms with Crippen molar-refractivity contribution in [1.82, 2.24) is 4.98 Å². The van der Waals surface area contributed by atoms with Crippen molar-refractivity contribution < 1.29 is 0 Å². The number of aryl methyl sites for hydroxylation is 1. The van der Waals surface area contributed by atoms with Gasteiger partial charge >= 0.3 is 0 Å². The van der Waals surface area contributed by atoms with Crippen LogP contribution < -0.4 is 11.1 Å². The van der Waals surface area contributed by atoms with E-state index in [2.05, 4.69) is 10.3 Å². The molecular formula is C13H19N3. The lowest BCUT2D eigenvalue weighted by atomic mass is 10.1. The van der Waals surface area contributed by atoms with Gasteiger partial charge in [0.2, 0.25) is 0 Å². The topological polar surface area (TPSA) is 50.9 Å². The highest BCUT2D eigenvalue weighted by molar-refractivity contribution is 5.65. The van der Waals surface area contributed by atoms with Crippen molar-refractivity contribution in [3.63, 3.8) is 0 Å². The average molecular weight is 217 g/mol. The zero-order valence-electron chi connectivity index (χ0n) is 9.74. The van der Waals surface area contributed by atoms with Gasteiger partial charge in [0.05, 0.1) is 5.69 Å². The predicted molar refractivity (Wildman–Crippen MR) is 66.2 cm³/mol. The van der Waals surface area contributed by atoms with E-state index in [0.717, 1.165) is 28.9 Å². The maximum absolute atomic E-state index is 6.05. The van der Waals surface area contributed by atoms with Gasteiger partial charge in [-0.3, -0.25) is 0 Å². The summed E-state index contributed by atoms with van der Waals surface area (Å²) in [5.74, 6) is 2.63. The molecule has 0 atom stereocenters. The molecule has 1 aromatic rings. The standard InChI is InChI=1S/C13H19N3/c1-8-6-7-15-13(11(8)14)16-12(9-2-3-9)10-4-5-10/h6-7,9-10,12H,2-5,14H2,1H3,(H,15,16). The van der Waals surface area contributed by atoms with Gasteiger partial charge < -0.3 is 11.1 Å². The fourth-order valence-corrected chi connectivity index (χ4v) is 2.37. The molecule has 86 valence electrons. The lowest BCUT2D eigenvalue weighted by Crippen LogP contribution is -2.25. The Morgan fingerprint density at radius 1 is 1.31 bits per heavy atom. The monoisotopic (exact) mass is 217 g/mol. The lowest BCUT2D eigenvalue weighted by molar-refractivity contribution is 0.566. The van der Waals surface area contributed by atoms with Crippen LogP contribution in [-0.2, 0) is 0 Å². The van der Waals surface area contributed by atoms with Crippen molar-refractivity contribution in [3.8, 4) is 0 Å². The molecule has 3 heteroatoms. The summed E-state index contributed by atoms with van der Waals surface area (Å²) >= 11 is 0. The molecule has 3 rings (SSSR count). The quantitative estimate of drug-likeness (QED) is 0.815. The van der Waals surface area contributed by atoms with Crippen molar-refractivity contribution in [2.24, 2.45) is 11.8 Å². The van der Waals surface area contributed by atoms with E-state index >= 15 is 0 Å². The first-order valence-corrected chi connectivity index (χ1v) is 6.23. The first-order valence-electron chi connectivity index (χ1n) is 6.23. The number of pyridine rings is 1. The molecule has 16 heavy (non-hydrogen) atoms. The lowest BCUT2D eigenvalue weighted by Gasteiger charge is -2.19. The Kier molecular flexibility index (Phi) is 2.27. The highest BCUT2D eigenvalue weighted by Gasteiger charge is 2.41. The van der Waals surface area contributed by atoms with Crippen LogP contribution in [0.1, 0.15) is 31.2 Å². The summed E-state index contributed by atoms with van der Waals surface area (Å²) in [6, 6.07) is 2.58. The number of aromatic nitrogens is 1. The molecule has 2 fully saturated rings. The van der Waals surface area contributed by atoms with Crippen LogP contribution in [0.3, 0.4) is 0 Å². The minimum absolute atomic E-state index is 0.622. The van der Waals surface area contributed by atoms with Crippen molar-refractivity contribution in [3.05, 3.63) is 17.8 Å². The Balaban J connectivity index is 1.78. The molecule has 0 aliphatic heterocycles. The van der Waals surface area contributed by atoms with Crippen LogP contribution in [0, 0.1) is 18.8 Å². The van der Waals surface area contributed by atoms with Gasteiger partial charge in [0.25, 0.3) is 0 Å². The molecule has 0 saturated heterocycles. The van der Waals surface area contributed by atoms with E-state index in [0.29, 0.717) is 6.04 Å². The second kappa shape index (κ2) is 3.65. The van der Waals surface area contributed by atoms with Crippen molar-refractivity contribution in [1.29, 1.82) is 0 Å². The second-order valence-electron chi connectivity index (χ2n) is 5.24. The number of nitrogens with zero attached hydrogens (tertiary/aromatic N) is 1. The highest BCUT2D eigenvalue weighted by Crippen LogP contribution is 2.46. The Morgan fingerprint density at radius 2 is 1.94 bits per heavy atom. The zero-order chi connectivity index (χ0) is 11.1. The van der Waals surface area contributed by atoms with Gasteiger partial charge in [-0.15, -0.1) is 0 Å². The molecule has 1 aromatic heterocycles. The van der Waals surface area contributed by atoms with Crippen molar-refractivity contribution >= 4 is 11.5 Å². The largest absolute Gasteiger partial charge is 0.396 e. The van der Waals surface area contributed by atoms with Gasteiger partial charge in [-0.25, -0.2) is 4.98 Å². The second-order valence-corrected chi connectivity index (χ2v) is 5.24. The summed E-state index contributed by atoms with van der Waals surface area (Å²) in [6.45, 7) is 2.03. The smallest absolute Gasteiger partial charge is 0.149 e. The third kappa shape index (κ3) is 1.86. The predicted octanol–water partition coefficient (Wildman–Crippen LogP) is 2.57. The van der Waals surface area contributed by atoms with Crippen LogP contribution in [0.15, 0.2) is 12.3 Å². The molecule has 0 bridgehead atoms. The molecule has 0 unspecified atom stereocenters. The Hall–Kier alpha value is -1.25. The van der Waals surface area contributed by atoms with Gasteiger partial charge in [-0.1, -0.05) is 0 Å².